The number of carbonyl (C=O) groups excluding carboxylic acids is 1. The summed E-state index contributed by atoms with van der Waals surface area (Å²) in [5, 5.41) is 2.91. The molecule has 0 radical (unpaired) electrons. The van der Waals surface area contributed by atoms with Crippen LogP contribution in [0.1, 0.15) is 18.4 Å². The minimum absolute atomic E-state index is 0. The molecule has 1 saturated heterocycles. The van der Waals surface area contributed by atoms with E-state index in [-0.39, 0.29) is 24.3 Å². The monoisotopic (exact) mass is 364 g/mol. The number of aryl methyl sites for hydroxylation is 1. The van der Waals surface area contributed by atoms with Crippen molar-refractivity contribution in [2.75, 3.05) is 18.5 Å². The van der Waals surface area contributed by atoms with Gasteiger partial charge in [-0.05, 0) is 49.6 Å². The molecule has 1 amide bonds. The standard InChI is InChI=1S/C17H20N4O3.ClH/c1-12-11-13(24-16-19-7-2-8-20-16)3-4-14(12)21-15(22)17(18)5-9-23-10-6-17;/h2-4,7-8,11H,5-6,9-10,18H2,1H3,(H,21,22);1H. The van der Waals surface area contributed by atoms with Gasteiger partial charge < -0.3 is 20.5 Å². The lowest BCUT2D eigenvalue weighted by atomic mass is 9.90. The van der Waals surface area contributed by atoms with Crippen LogP contribution < -0.4 is 15.8 Å². The quantitative estimate of drug-likeness (QED) is 0.864. The summed E-state index contributed by atoms with van der Waals surface area (Å²) in [6.07, 6.45) is 4.26. The lowest BCUT2D eigenvalue weighted by molar-refractivity contribution is -0.124. The molecule has 134 valence electrons. The van der Waals surface area contributed by atoms with Crippen molar-refractivity contribution < 1.29 is 14.3 Å². The van der Waals surface area contributed by atoms with Crippen molar-refractivity contribution in [1.82, 2.24) is 9.97 Å². The summed E-state index contributed by atoms with van der Waals surface area (Å²) in [5.41, 5.74) is 6.90. The van der Waals surface area contributed by atoms with E-state index in [4.69, 9.17) is 15.2 Å². The Morgan fingerprint density at radius 1 is 1.28 bits per heavy atom. The van der Waals surface area contributed by atoms with Crippen molar-refractivity contribution in [3.63, 3.8) is 0 Å². The van der Waals surface area contributed by atoms with E-state index in [1.165, 1.54) is 0 Å². The molecule has 0 aliphatic carbocycles. The van der Waals surface area contributed by atoms with Crippen LogP contribution in [-0.2, 0) is 9.53 Å². The smallest absolute Gasteiger partial charge is 0.321 e. The first-order valence-corrected chi connectivity index (χ1v) is 7.80. The molecule has 25 heavy (non-hydrogen) atoms. The number of halogens is 1. The summed E-state index contributed by atoms with van der Waals surface area (Å²) < 4.78 is 10.9. The first kappa shape index (κ1) is 19.1. The molecule has 2 aromatic rings. The van der Waals surface area contributed by atoms with Crippen LogP contribution in [0.4, 0.5) is 5.69 Å². The first-order chi connectivity index (χ1) is 11.6. The summed E-state index contributed by atoms with van der Waals surface area (Å²) in [6.45, 7) is 2.90. The van der Waals surface area contributed by atoms with Gasteiger partial charge in [0.05, 0.1) is 0 Å². The van der Waals surface area contributed by atoms with Crippen molar-refractivity contribution in [2.45, 2.75) is 25.3 Å². The second-order valence-corrected chi connectivity index (χ2v) is 5.83. The molecule has 2 heterocycles. The zero-order chi connectivity index (χ0) is 17.0. The molecule has 7 nitrogen and oxygen atoms in total. The zero-order valence-corrected chi connectivity index (χ0v) is 14.7. The van der Waals surface area contributed by atoms with Gasteiger partial charge in [0.2, 0.25) is 5.91 Å². The zero-order valence-electron chi connectivity index (χ0n) is 13.9. The molecule has 0 bridgehead atoms. The van der Waals surface area contributed by atoms with E-state index >= 15 is 0 Å². The molecular formula is C17H21ClN4O3. The number of rotatable bonds is 4. The van der Waals surface area contributed by atoms with Crippen LogP contribution in [0.5, 0.6) is 11.8 Å². The average Bonchev–Trinajstić information content (AvgIpc) is 2.59. The average molecular weight is 365 g/mol. The number of nitrogens with two attached hydrogens (primary N) is 1. The number of anilines is 1. The maximum Gasteiger partial charge on any atom is 0.321 e. The number of amides is 1. The predicted octanol–water partition coefficient (Wildman–Crippen LogP) is 2.45. The highest BCUT2D eigenvalue weighted by molar-refractivity contribution is 5.98. The van der Waals surface area contributed by atoms with Crippen molar-refractivity contribution in [3.8, 4) is 11.8 Å². The summed E-state index contributed by atoms with van der Waals surface area (Å²) in [7, 11) is 0. The minimum atomic E-state index is -0.877. The topological polar surface area (TPSA) is 99.4 Å². The highest BCUT2D eigenvalue weighted by atomic mass is 35.5. The van der Waals surface area contributed by atoms with E-state index in [0.29, 0.717) is 37.5 Å². The lowest BCUT2D eigenvalue weighted by Crippen LogP contribution is -2.54. The van der Waals surface area contributed by atoms with Gasteiger partial charge in [-0.15, -0.1) is 12.4 Å². The van der Waals surface area contributed by atoms with Crippen molar-refractivity contribution >= 4 is 24.0 Å². The summed E-state index contributed by atoms with van der Waals surface area (Å²) >= 11 is 0. The van der Waals surface area contributed by atoms with Gasteiger partial charge in [0.1, 0.15) is 11.3 Å². The predicted molar refractivity (Wildman–Crippen MR) is 96.1 cm³/mol. The van der Waals surface area contributed by atoms with Crippen LogP contribution in [0.3, 0.4) is 0 Å². The van der Waals surface area contributed by atoms with E-state index in [0.717, 1.165) is 5.56 Å². The van der Waals surface area contributed by atoms with Gasteiger partial charge in [0, 0.05) is 31.3 Å². The van der Waals surface area contributed by atoms with Crippen LogP contribution in [-0.4, -0.2) is 34.6 Å². The van der Waals surface area contributed by atoms with Crippen molar-refractivity contribution in [3.05, 3.63) is 42.2 Å². The van der Waals surface area contributed by atoms with E-state index < -0.39 is 5.54 Å². The maximum absolute atomic E-state index is 12.5. The molecule has 8 heteroatoms. The van der Waals surface area contributed by atoms with Gasteiger partial charge in [-0.1, -0.05) is 0 Å². The molecule has 0 saturated carbocycles. The Bertz CT molecular complexity index is 721. The minimum Gasteiger partial charge on any atom is -0.424 e. The molecule has 1 aromatic heterocycles. The fourth-order valence-electron chi connectivity index (χ4n) is 2.49. The Morgan fingerprint density at radius 3 is 2.60 bits per heavy atom. The molecule has 0 unspecified atom stereocenters. The SMILES string of the molecule is Cc1cc(Oc2ncccn2)ccc1NC(=O)C1(N)CCOCC1.Cl. The fourth-order valence-corrected chi connectivity index (χ4v) is 2.49. The second-order valence-electron chi connectivity index (χ2n) is 5.83. The van der Waals surface area contributed by atoms with Gasteiger partial charge in [-0.25, -0.2) is 9.97 Å². The normalized spacial score (nSPS) is 15.8. The highest BCUT2D eigenvalue weighted by Gasteiger charge is 2.36. The lowest BCUT2D eigenvalue weighted by Gasteiger charge is -2.32. The van der Waals surface area contributed by atoms with E-state index in [1.807, 2.05) is 13.0 Å². The van der Waals surface area contributed by atoms with E-state index in [9.17, 15) is 4.79 Å². The molecule has 1 aliphatic heterocycles. The Labute approximate surface area is 152 Å². The summed E-state index contributed by atoms with van der Waals surface area (Å²) in [5.74, 6) is 0.416. The maximum atomic E-state index is 12.5. The third-order valence-corrected chi connectivity index (χ3v) is 4.03. The molecule has 3 rings (SSSR count). The number of hydrogen-bond acceptors (Lipinski definition) is 6. The largest absolute Gasteiger partial charge is 0.424 e. The van der Waals surface area contributed by atoms with Crippen LogP contribution >= 0.6 is 12.4 Å². The van der Waals surface area contributed by atoms with Gasteiger partial charge >= 0.3 is 6.01 Å². The Hall–Kier alpha value is -2.22. The van der Waals surface area contributed by atoms with E-state index in [1.54, 1.807) is 30.6 Å². The highest BCUT2D eigenvalue weighted by Crippen LogP contribution is 2.26. The number of hydrogen-bond donors (Lipinski definition) is 2. The summed E-state index contributed by atoms with van der Waals surface area (Å²) in [6, 6.07) is 7.35. The Balaban J connectivity index is 0.00000225. The first-order valence-electron chi connectivity index (χ1n) is 7.80. The Kier molecular flexibility index (Phi) is 6.30. The number of nitrogens with one attached hydrogen (secondary N) is 1. The number of nitrogens with zero attached hydrogens (tertiary/aromatic N) is 2. The molecule has 0 atom stereocenters. The van der Waals surface area contributed by atoms with E-state index in [2.05, 4.69) is 15.3 Å². The fraction of sp³-hybridized carbons (Fsp3) is 0.353. The van der Waals surface area contributed by atoms with Crippen LogP contribution in [0.15, 0.2) is 36.7 Å². The van der Waals surface area contributed by atoms with Gasteiger partial charge in [0.25, 0.3) is 0 Å². The third-order valence-electron chi connectivity index (χ3n) is 4.03. The number of ether oxygens (including phenoxy) is 2. The Morgan fingerprint density at radius 2 is 1.96 bits per heavy atom. The van der Waals surface area contributed by atoms with Gasteiger partial charge in [0.15, 0.2) is 0 Å². The summed E-state index contributed by atoms with van der Waals surface area (Å²) in [4.78, 5) is 20.5. The van der Waals surface area contributed by atoms with Gasteiger partial charge in [-0.2, -0.15) is 0 Å². The molecule has 0 spiro atoms. The van der Waals surface area contributed by atoms with Crippen LogP contribution in [0.2, 0.25) is 0 Å². The van der Waals surface area contributed by atoms with Crippen molar-refractivity contribution in [2.24, 2.45) is 5.73 Å². The number of carbonyl (C=O) groups is 1. The number of aromatic nitrogens is 2. The molecule has 1 aliphatic rings. The molecule has 3 N–H and O–H groups in total. The second kappa shape index (κ2) is 8.24. The van der Waals surface area contributed by atoms with Crippen molar-refractivity contribution in [1.29, 1.82) is 0 Å². The van der Waals surface area contributed by atoms with Crippen LogP contribution in [0.25, 0.3) is 0 Å². The van der Waals surface area contributed by atoms with Crippen LogP contribution in [0, 0.1) is 6.92 Å². The third kappa shape index (κ3) is 4.66. The molecule has 1 fully saturated rings. The van der Waals surface area contributed by atoms with Gasteiger partial charge in [-0.3, -0.25) is 4.79 Å². The number of benzene rings is 1. The molecule has 1 aromatic carbocycles. The molecular weight excluding hydrogens is 344 g/mol.